The molecule has 0 amide bonds. The number of rotatable bonds is 6. The van der Waals surface area contributed by atoms with Crippen molar-refractivity contribution in [1.82, 2.24) is 20.3 Å². The van der Waals surface area contributed by atoms with E-state index in [0.717, 1.165) is 18.7 Å². The van der Waals surface area contributed by atoms with Gasteiger partial charge in [0.25, 0.3) is 0 Å². The number of carboxylic acid groups (broad SMARTS) is 1. The van der Waals surface area contributed by atoms with E-state index >= 15 is 0 Å². The Kier molecular flexibility index (Phi) is 4.49. The van der Waals surface area contributed by atoms with Gasteiger partial charge in [0.15, 0.2) is 0 Å². The lowest BCUT2D eigenvalue weighted by atomic mass is 9.77. The van der Waals surface area contributed by atoms with E-state index in [1.807, 2.05) is 0 Å². The Morgan fingerprint density at radius 3 is 3.16 bits per heavy atom. The van der Waals surface area contributed by atoms with E-state index in [0.29, 0.717) is 32.5 Å². The first kappa shape index (κ1) is 14.0. The van der Waals surface area contributed by atoms with Gasteiger partial charge in [-0.3, -0.25) is 9.69 Å². The fourth-order valence-electron chi connectivity index (χ4n) is 2.68. The average Bonchev–Trinajstić information content (AvgIpc) is 2.89. The Balaban J connectivity index is 2.02. The summed E-state index contributed by atoms with van der Waals surface area (Å²) in [5.74, 6) is -0.727. The van der Waals surface area contributed by atoms with Crippen LogP contribution in [0.2, 0.25) is 0 Å². The predicted molar refractivity (Wildman–Crippen MR) is 67.5 cm³/mol. The van der Waals surface area contributed by atoms with E-state index in [9.17, 15) is 9.90 Å². The summed E-state index contributed by atoms with van der Waals surface area (Å²) in [7, 11) is 1.60. The molecule has 1 atom stereocenters. The van der Waals surface area contributed by atoms with Crippen LogP contribution in [0.4, 0.5) is 0 Å². The zero-order chi connectivity index (χ0) is 13.7. The average molecular weight is 268 g/mol. The van der Waals surface area contributed by atoms with Crippen molar-refractivity contribution in [3.63, 3.8) is 0 Å². The number of carboxylic acids is 1. The van der Waals surface area contributed by atoms with Crippen LogP contribution in [-0.2, 0) is 16.1 Å². The Morgan fingerprint density at radius 2 is 2.53 bits per heavy atom. The minimum Gasteiger partial charge on any atom is -0.481 e. The summed E-state index contributed by atoms with van der Waals surface area (Å²) < 4.78 is 5.05. The second-order valence-corrected chi connectivity index (χ2v) is 5.10. The third-order valence-corrected chi connectivity index (χ3v) is 3.74. The standard InChI is InChI=1S/C12H20N4O3/c1-19-6-4-12(11(17)18)3-2-5-16(9-12)8-10-7-13-15-14-10/h7H,2-6,8-9H2,1H3,(H,17,18)(H,13,14,15). The smallest absolute Gasteiger partial charge is 0.311 e. The number of methoxy groups -OCH3 is 1. The van der Waals surface area contributed by atoms with Crippen LogP contribution in [0.25, 0.3) is 0 Å². The van der Waals surface area contributed by atoms with E-state index < -0.39 is 11.4 Å². The molecule has 7 nitrogen and oxygen atoms in total. The van der Waals surface area contributed by atoms with Crippen LogP contribution in [0.3, 0.4) is 0 Å². The number of hydrogen-bond acceptors (Lipinski definition) is 5. The summed E-state index contributed by atoms with van der Waals surface area (Å²) in [5, 5.41) is 19.9. The van der Waals surface area contributed by atoms with Gasteiger partial charge in [-0.2, -0.15) is 15.4 Å². The predicted octanol–water partition coefficient (Wildman–Crippen LogP) is 0.508. The van der Waals surface area contributed by atoms with E-state index in [-0.39, 0.29) is 0 Å². The summed E-state index contributed by atoms with van der Waals surface area (Å²) in [4.78, 5) is 13.7. The van der Waals surface area contributed by atoms with Crippen molar-refractivity contribution in [3.8, 4) is 0 Å². The molecule has 0 saturated carbocycles. The van der Waals surface area contributed by atoms with Crippen molar-refractivity contribution in [2.24, 2.45) is 5.41 Å². The number of aromatic amines is 1. The zero-order valence-electron chi connectivity index (χ0n) is 11.1. The van der Waals surface area contributed by atoms with Crippen molar-refractivity contribution in [1.29, 1.82) is 0 Å². The van der Waals surface area contributed by atoms with Crippen molar-refractivity contribution in [2.75, 3.05) is 26.8 Å². The van der Waals surface area contributed by atoms with Crippen LogP contribution >= 0.6 is 0 Å². The summed E-state index contributed by atoms with van der Waals surface area (Å²) in [6, 6.07) is 0. The highest BCUT2D eigenvalue weighted by atomic mass is 16.5. The lowest BCUT2D eigenvalue weighted by Gasteiger charge is -2.39. The lowest BCUT2D eigenvalue weighted by molar-refractivity contribution is -0.154. The van der Waals surface area contributed by atoms with Gasteiger partial charge < -0.3 is 9.84 Å². The summed E-state index contributed by atoms with van der Waals surface area (Å²) in [6.07, 6.45) is 3.81. The lowest BCUT2D eigenvalue weighted by Crippen LogP contribution is -2.48. The van der Waals surface area contributed by atoms with Crippen molar-refractivity contribution < 1.29 is 14.6 Å². The number of ether oxygens (including phenoxy) is 1. The molecule has 0 aromatic carbocycles. The molecule has 0 radical (unpaired) electrons. The molecule has 1 aromatic rings. The quantitative estimate of drug-likeness (QED) is 0.781. The topological polar surface area (TPSA) is 91.3 Å². The third kappa shape index (κ3) is 3.30. The molecule has 1 aliphatic rings. The number of likely N-dealkylation sites (tertiary alicyclic amines) is 1. The maximum Gasteiger partial charge on any atom is 0.311 e. The summed E-state index contributed by atoms with van der Waals surface area (Å²) >= 11 is 0. The number of piperidine rings is 1. The molecule has 1 saturated heterocycles. The van der Waals surface area contributed by atoms with Gasteiger partial charge in [0, 0.05) is 26.8 Å². The largest absolute Gasteiger partial charge is 0.481 e. The number of aliphatic carboxylic acids is 1. The minimum absolute atomic E-state index is 0.476. The molecule has 19 heavy (non-hydrogen) atoms. The van der Waals surface area contributed by atoms with E-state index in [2.05, 4.69) is 20.3 Å². The molecule has 0 bridgehead atoms. The molecule has 0 aliphatic carbocycles. The molecular weight excluding hydrogens is 248 g/mol. The maximum absolute atomic E-state index is 11.6. The maximum atomic E-state index is 11.6. The molecule has 106 valence electrons. The molecule has 7 heteroatoms. The number of hydrogen-bond donors (Lipinski definition) is 2. The van der Waals surface area contributed by atoms with Gasteiger partial charge in [0.2, 0.25) is 0 Å². The number of carbonyl (C=O) groups is 1. The fraction of sp³-hybridized carbons (Fsp3) is 0.750. The van der Waals surface area contributed by atoms with Crippen LogP contribution in [0.15, 0.2) is 6.20 Å². The number of nitrogens with one attached hydrogen (secondary N) is 1. The fourth-order valence-corrected chi connectivity index (χ4v) is 2.68. The first-order valence-corrected chi connectivity index (χ1v) is 6.46. The monoisotopic (exact) mass is 268 g/mol. The van der Waals surface area contributed by atoms with Crippen molar-refractivity contribution in [3.05, 3.63) is 11.9 Å². The van der Waals surface area contributed by atoms with Gasteiger partial charge >= 0.3 is 5.97 Å². The Labute approximate surface area is 111 Å². The second kappa shape index (κ2) is 6.12. The number of nitrogens with zero attached hydrogens (tertiary/aromatic N) is 3. The Bertz CT molecular complexity index is 409. The number of aromatic nitrogens is 3. The highest BCUT2D eigenvalue weighted by Gasteiger charge is 2.42. The molecule has 2 heterocycles. The van der Waals surface area contributed by atoms with Gasteiger partial charge in [-0.05, 0) is 25.8 Å². The van der Waals surface area contributed by atoms with Gasteiger partial charge in [0.1, 0.15) is 0 Å². The van der Waals surface area contributed by atoms with Crippen LogP contribution < -0.4 is 0 Å². The molecule has 2 rings (SSSR count). The normalized spacial score (nSPS) is 24.5. The van der Waals surface area contributed by atoms with Crippen molar-refractivity contribution >= 4 is 5.97 Å². The minimum atomic E-state index is -0.727. The Morgan fingerprint density at radius 1 is 1.68 bits per heavy atom. The Hall–Kier alpha value is -1.47. The highest BCUT2D eigenvalue weighted by Crippen LogP contribution is 2.34. The first-order valence-electron chi connectivity index (χ1n) is 6.46. The molecule has 1 unspecified atom stereocenters. The van der Waals surface area contributed by atoms with E-state index in [1.165, 1.54) is 0 Å². The van der Waals surface area contributed by atoms with Gasteiger partial charge in [0.05, 0.1) is 17.3 Å². The molecule has 1 fully saturated rings. The van der Waals surface area contributed by atoms with Gasteiger partial charge in [-0.25, -0.2) is 0 Å². The summed E-state index contributed by atoms with van der Waals surface area (Å²) in [5.41, 5.74) is 0.144. The second-order valence-electron chi connectivity index (χ2n) is 5.10. The van der Waals surface area contributed by atoms with E-state index in [1.54, 1.807) is 13.3 Å². The van der Waals surface area contributed by atoms with Crippen LogP contribution in [0, 0.1) is 5.41 Å². The molecular formula is C12H20N4O3. The zero-order valence-corrected chi connectivity index (χ0v) is 11.1. The SMILES string of the molecule is COCCC1(C(=O)O)CCCN(Cc2cn[nH]n2)C1. The third-order valence-electron chi connectivity index (χ3n) is 3.74. The highest BCUT2D eigenvalue weighted by molar-refractivity contribution is 5.75. The molecule has 2 N–H and O–H groups in total. The van der Waals surface area contributed by atoms with E-state index in [4.69, 9.17) is 4.74 Å². The molecule has 1 aromatic heterocycles. The number of H-pyrrole nitrogens is 1. The molecule has 0 spiro atoms. The van der Waals surface area contributed by atoms with Crippen LogP contribution in [0.1, 0.15) is 25.0 Å². The van der Waals surface area contributed by atoms with Gasteiger partial charge in [-0.15, -0.1) is 0 Å². The first-order chi connectivity index (χ1) is 9.16. The summed E-state index contributed by atoms with van der Waals surface area (Å²) in [6.45, 7) is 2.55. The molecule has 1 aliphatic heterocycles. The van der Waals surface area contributed by atoms with Gasteiger partial charge in [-0.1, -0.05) is 0 Å². The van der Waals surface area contributed by atoms with Crippen molar-refractivity contribution in [2.45, 2.75) is 25.8 Å². The van der Waals surface area contributed by atoms with Crippen LogP contribution in [-0.4, -0.2) is 58.2 Å². The van der Waals surface area contributed by atoms with Crippen LogP contribution in [0.5, 0.6) is 0 Å².